The Morgan fingerprint density at radius 2 is 2.47 bits per heavy atom. The van der Waals surface area contributed by atoms with Crippen molar-refractivity contribution in [1.82, 2.24) is 4.98 Å². The minimum absolute atomic E-state index is 0.0387. The summed E-state index contributed by atoms with van der Waals surface area (Å²) in [7, 11) is 0. The molecule has 6 heteroatoms. The van der Waals surface area contributed by atoms with E-state index >= 15 is 0 Å². The molecule has 1 atom stereocenters. The lowest BCUT2D eigenvalue weighted by atomic mass is 10.1. The molecule has 1 aromatic heterocycles. The summed E-state index contributed by atoms with van der Waals surface area (Å²) in [6.07, 6.45) is 1.64. The summed E-state index contributed by atoms with van der Waals surface area (Å²) in [6, 6.07) is 3.41. The molecule has 1 aliphatic heterocycles. The minimum Gasteiger partial charge on any atom is -0.377 e. The van der Waals surface area contributed by atoms with Gasteiger partial charge in [0, 0.05) is 19.3 Å². The smallest absolute Gasteiger partial charge is 0.252 e. The number of rotatable bonds is 3. The zero-order valence-corrected chi connectivity index (χ0v) is 9.50. The third-order valence-electron chi connectivity index (χ3n) is 2.82. The lowest BCUT2D eigenvalue weighted by molar-refractivity contribution is 0.0945. The molecule has 1 fully saturated rings. The summed E-state index contributed by atoms with van der Waals surface area (Å²) < 4.78 is 5.36. The first-order valence-electron chi connectivity index (χ1n) is 5.53. The molecule has 0 aromatic carbocycles. The van der Waals surface area contributed by atoms with E-state index in [2.05, 4.69) is 4.98 Å². The normalized spacial score (nSPS) is 20.3. The Bertz CT molecular complexity index is 410. The van der Waals surface area contributed by atoms with Crippen LogP contribution in [-0.2, 0) is 4.74 Å². The number of nitrogens with two attached hydrogens (primary N) is 2. The van der Waals surface area contributed by atoms with Gasteiger partial charge in [-0.25, -0.2) is 4.98 Å². The van der Waals surface area contributed by atoms with Crippen LogP contribution < -0.4 is 16.4 Å². The van der Waals surface area contributed by atoms with Crippen molar-refractivity contribution in [1.29, 1.82) is 0 Å². The molecule has 0 radical (unpaired) electrons. The van der Waals surface area contributed by atoms with Crippen LogP contribution in [0.25, 0.3) is 0 Å². The fraction of sp³-hybridized carbons (Fsp3) is 0.455. The second-order valence-corrected chi connectivity index (χ2v) is 3.90. The molecule has 0 spiro atoms. The van der Waals surface area contributed by atoms with Gasteiger partial charge >= 0.3 is 0 Å². The van der Waals surface area contributed by atoms with Gasteiger partial charge in [0.05, 0.1) is 24.8 Å². The molecule has 2 rings (SSSR count). The highest BCUT2D eigenvalue weighted by molar-refractivity contribution is 5.97. The molecule has 1 amide bonds. The molecule has 17 heavy (non-hydrogen) atoms. The molecule has 1 unspecified atom stereocenters. The standard InChI is InChI=1S/C11H16N4O2/c12-6-8-7-17-5-4-15(8)11-9(10(13)16)2-1-3-14-11/h1-3,8H,4-7,12H2,(H2,13,16). The van der Waals surface area contributed by atoms with Gasteiger partial charge in [-0.05, 0) is 12.1 Å². The van der Waals surface area contributed by atoms with Gasteiger partial charge in [0.25, 0.3) is 5.91 Å². The van der Waals surface area contributed by atoms with Crippen molar-refractivity contribution in [2.75, 3.05) is 31.2 Å². The molecule has 0 bridgehead atoms. The Labute approximate surface area is 99.5 Å². The molecule has 0 saturated carbocycles. The third-order valence-corrected chi connectivity index (χ3v) is 2.82. The van der Waals surface area contributed by atoms with Crippen LogP contribution in [0.3, 0.4) is 0 Å². The molecule has 2 heterocycles. The van der Waals surface area contributed by atoms with Crippen LogP contribution >= 0.6 is 0 Å². The molecule has 1 saturated heterocycles. The van der Waals surface area contributed by atoms with Gasteiger partial charge in [-0.15, -0.1) is 0 Å². The van der Waals surface area contributed by atoms with E-state index in [1.807, 2.05) is 4.90 Å². The van der Waals surface area contributed by atoms with Crippen molar-refractivity contribution in [2.24, 2.45) is 11.5 Å². The number of hydrogen-bond donors (Lipinski definition) is 2. The van der Waals surface area contributed by atoms with Gasteiger partial charge in [0.2, 0.25) is 0 Å². The number of hydrogen-bond acceptors (Lipinski definition) is 5. The van der Waals surface area contributed by atoms with Gasteiger partial charge in [0.1, 0.15) is 5.82 Å². The highest BCUT2D eigenvalue weighted by Crippen LogP contribution is 2.20. The van der Waals surface area contributed by atoms with Crippen LogP contribution in [0.1, 0.15) is 10.4 Å². The van der Waals surface area contributed by atoms with Crippen LogP contribution in [0, 0.1) is 0 Å². The molecular weight excluding hydrogens is 220 g/mol. The summed E-state index contributed by atoms with van der Waals surface area (Å²) in [5.74, 6) is 0.120. The molecule has 0 aliphatic carbocycles. The molecule has 1 aliphatic rings. The van der Waals surface area contributed by atoms with Crippen LogP contribution in [0.15, 0.2) is 18.3 Å². The Morgan fingerprint density at radius 1 is 1.65 bits per heavy atom. The number of morpholine rings is 1. The first-order chi connectivity index (χ1) is 8.24. The molecule has 6 nitrogen and oxygen atoms in total. The van der Waals surface area contributed by atoms with Crippen molar-refractivity contribution in [3.05, 3.63) is 23.9 Å². The van der Waals surface area contributed by atoms with E-state index in [-0.39, 0.29) is 6.04 Å². The maximum atomic E-state index is 11.4. The van der Waals surface area contributed by atoms with Crippen LogP contribution in [0.4, 0.5) is 5.82 Å². The SMILES string of the molecule is NCC1COCCN1c1ncccc1C(N)=O. The maximum Gasteiger partial charge on any atom is 0.252 e. The summed E-state index contributed by atoms with van der Waals surface area (Å²) in [6.45, 7) is 2.27. The number of carbonyl (C=O) groups excluding carboxylic acids is 1. The van der Waals surface area contributed by atoms with E-state index in [0.29, 0.717) is 37.7 Å². The van der Waals surface area contributed by atoms with E-state index < -0.39 is 5.91 Å². The van der Waals surface area contributed by atoms with E-state index in [9.17, 15) is 4.79 Å². The van der Waals surface area contributed by atoms with E-state index in [4.69, 9.17) is 16.2 Å². The Kier molecular flexibility index (Phi) is 3.55. The van der Waals surface area contributed by atoms with Crippen molar-refractivity contribution in [3.63, 3.8) is 0 Å². The minimum atomic E-state index is -0.477. The Morgan fingerprint density at radius 3 is 3.18 bits per heavy atom. The summed E-state index contributed by atoms with van der Waals surface area (Å²) in [5.41, 5.74) is 11.5. The Hall–Kier alpha value is -1.66. The number of anilines is 1. The molecule has 92 valence electrons. The van der Waals surface area contributed by atoms with Crippen molar-refractivity contribution < 1.29 is 9.53 Å². The first-order valence-corrected chi connectivity index (χ1v) is 5.53. The van der Waals surface area contributed by atoms with E-state index in [1.54, 1.807) is 18.3 Å². The zero-order chi connectivity index (χ0) is 12.3. The monoisotopic (exact) mass is 236 g/mol. The van der Waals surface area contributed by atoms with Gasteiger partial charge in [-0.1, -0.05) is 0 Å². The second kappa shape index (κ2) is 5.11. The van der Waals surface area contributed by atoms with Crippen molar-refractivity contribution >= 4 is 11.7 Å². The topological polar surface area (TPSA) is 94.5 Å². The lowest BCUT2D eigenvalue weighted by Gasteiger charge is -2.36. The quantitative estimate of drug-likeness (QED) is 0.727. The largest absolute Gasteiger partial charge is 0.377 e. The lowest BCUT2D eigenvalue weighted by Crippen LogP contribution is -2.50. The van der Waals surface area contributed by atoms with Crippen LogP contribution in [0.5, 0.6) is 0 Å². The fourth-order valence-electron chi connectivity index (χ4n) is 1.95. The zero-order valence-electron chi connectivity index (χ0n) is 9.50. The van der Waals surface area contributed by atoms with E-state index in [0.717, 1.165) is 0 Å². The van der Waals surface area contributed by atoms with Gasteiger partial charge in [0.15, 0.2) is 0 Å². The van der Waals surface area contributed by atoms with Gasteiger partial charge in [-0.2, -0.15) is 0 Å². The average molecular weight is 236 g/mol. The molecule has 4 N–H and O–H groups in total. The number of amides is 1. The third kappa shape index (κ3) is 2.37. The van der Waals surface area contributed by atoms with Crippen LogP contribution in [0.2, 0.25) is 0 Å². The molecular formula is C11H16N4O2. The van der Waals surface area contributed by atoms with Gasteiger partial charge in [-0.3, -0.25) is 4.79 Å². The van der Waals surface area contributed by atoms with Crippen molar-refractivity contribution in [2.45, 2.75) is 6.04 Å². The summed E-state index contributed by atoms with van der Waals surface area (Å²) >= 11 is 0. The average Bonchev–Trinajstić information content (AvgIpc) is 2.38. The maximum absolute atomic E-state index is 11.4. The van der Waals surface area contributed by atoms with Gasteiger partial charge < -0.3 is 21.1 Å². The van der Waals surface area contributed by atoms with E-state index in [1.165, 1.54) is 0 Å². The predicted octanol–water partition coefficient (Wildman–Crippen LogP) is -0.656. The summed E-state index contributed by atoms with van der Waals surface area (Å²) in [5, 5.41) is 0. The number of nitrogens with zero attached hydrogens (tertiary/aromatic N) is 2. The number of pyridine rings is 1. The second-order valence-electron chi connectivity index (χ2n) is 3.90. The summed E-state index contributed by atoms with van der Waals surface area (Å²) in [4.78, 5) is 17.6. The first kappa shape index (κ1) is 11.8. The number of ether oxygens (including phenoxy) is 1. The number of primary amides is 1. The predicted molar refractivity (Wildman–Crippen MR) is 63.8 cm³/mol. The van der Waals surface area contributed by atoms with Crippen molar-refractivity contribution in [3.8, 4) is 0 Å². The number of aromatic nitrogens is 1. The number of carbonyl (C=O) groups is 1. The Balaban J connectivity index is 2.34. The highest BCUT2D eigenvalue weighted by atomic mass is 16.5. The van der Waals surface area contributed by atoms with Crippen LogP contribution in [-0.4, -0.2) is 43.2 Å². The molecule has 1 aromatic rings. The fourth-order valence-corrected chi connectivity index (χ4v) is 1.95. The highest BCUT2D eigenvalue weighted by Gasteiger charge is 2.25.